The Morgan fingerprint density at radius 2 is 1.53 bits per heavy atom. The summed E-state index contributed by atoms with van der Waals surface area (Å²) >= 11 is 6.08. The van der Waals surface area contributed by atoms with Gasteiger partial charge >= 0.3 is 12.0 Å². The van der Waals surface area contributed by atoms with E-state index in [1.807, 2.05) is 31.2 Å². The van der Waals surface area contributed by atoms with E-state index < -0.39 is 12.0 Å². The van der Waals surface area contributed by atoms with Crippen LogP contribution in [0.2, 0.25) is 5.02 Å². The maximum absolute atomic E-state index is 12.8. The summed E-state index contributed by atoms with van der Waals surface area (Å²) in [4.78, 5) is 24.2. The van der Waals surface area contributed by atoms with E-state index in [0.29, 0.717) is 39.0 Å². The summed E-state index contributed by atoms with van der Waals surface area (Å²) in [5.41, 5.74) is 3.59. The van der Waals surface area contributed by atoms with Gasteiger partial charge in [0.15, 0.2) is 5.75 Å². The monoisotopic (exact) mass is 472 g/mol. The SMILES string of the molecule is Cc1ccccc1NC(=O)Nc1cc(-c2cccc(C(=O)O)c2)ccc1Oc1cccc(Cl)c1. The average Bonchev–Trinajstić information content (AvgIpc) is 2.82. The van der Waals surface area contributed by atoms with Gasteiger partial charge in [-0.2, -0.15) is 0 Å². The van der Waals surface area contributed by atoms with Crippen molar-refractivity contribution in [3.8, 4) is 22.6 Å². The molecule has 6 nitrogen and oxygen atoms in total. The van der Waals surface area contributed by atoms with Crippen molar-refractivity contribution >= 4 is 35.0 Å². The van der Waals surface area contributed by atoms with Gasteiger partial charge in [-0.15, -0.1) is 0 Å². The Hall–Kier alpha value is -4.29. The van der Waals surface area contributed by atoms with E-state index in [-0.39, 0.29) is 5.56 Å². The van der Waals surface area contributed by atoms with E-state index >= 15 is 0 Å². The quantitative estimate of drug-likeness (QED) is 0.272. The van der Waals surface area contributed by atoms with Crippen LogP contribution in [0.4, 0.5) is 16.2 Å². The molecule has 0 unspecified atom stereocenters. The van der Waals surface area contributed by atoms with Gasteiger partial charge in [0.25, 0.3) is 0 Å². The molecule has 0 aromatic heterocycles. The predicted molar refractivity (Wildman–Crippen MR) is 134 cm³/mol. The van der Waals surface area contributed by atoms with Gasteiger partial charge in [0.1, 0.15) is 5.75 Å². The highest BCUT2D eigenvalue weighted by Gasteiger charge is 2.13. The van der Waals surface area contributed by atoms with Crippen molar-refractivity contribution in [1.29, 1.82) is 0 Å². The second kappa shape index (κ2) is 10.1. The van der Waals surface area contributed by atoms with Gasteiger partial charge < -0.3 is 20.5 Å². The second-order valence-electron chi connectivity index (χ2n) is 7.55. The number of nitrogens with one attached hydrogen (secondary N) is 2. The number of rotatable bonds is 6. The number of hydrogen-bond acceptors (Lipinski definition) is 3. The van der Waals surface area contributed by atoms with Gasteiger partial charge in [0, 0.05) is 10.7 Å². The summed E-state index contributed by atoms with van der Waals surface area (Å²) in [5, 5.41) is 15.5. The minimum absolute atomic E-state index is 0.170. The molecule has 0 heterocycles. The molecule has 0 radical (unpaired) electrons. The number of benzene rings is 4. The minimum atomic E-state index is -1.02. The smallest absolute Gasteiger partial charge is 0.335 e. The lowest BCUT2D eigenvalue weighted by Crippen LogP contribution is -2.20. The third-order valence-corrected chi connectivity index (χ3v) is 5.32. The van der Waals surface area contributed by atoms with Crippen molar-refractivity contribution < 1.29 is 19.4 Å². The standard InChI is InChI=1S/C27H21ClN2O4/c1-17-6-2-3-11-23(17)29-27(33)30-24-15-19(18-7-4-8-20(14-18)26(31)32)12-13-25(24)34-22-10-5-9-21(28)16-22/h2-16H,1H3,(H,31,32)(H2,29,30,33). The Labute approximate surface area is 201 Å². The number of aryl methyl sites for hydroxylation is 1. The Balaban J connectivity index is 1.68. The lowest BCUT2D eigenvalue weighted by molar-refractivity contribution is 0.0697. The first-order valence-electron chi connectivity index (χ1n) is 10.4. The van der Waals surface area contributed by atoms with Crippen molar-refractivity contribution in [2.75, 3.05) is 10.6 Å². The van der Waals surface area contributed by atoms with Crippen molar-refractivity contribution in [1.82, 2.24) is 0 Å². The number of halogens is 1. The second-order valence-corrected chi connectivity index (χ2v) is 7.99. The van der Waals surface area contributed by atoms with Crippen molar-refractivity contribution in [3.63, 3.8) is 0 Å². The van der Waals surface area contributed by atoms with E-state index in [2.05, 4.69) is 10.6 Å². The number of carbonyl (C=O) groups is 2. The zero-order valence-electron chi connectivity index (χ0n) is 18.2. The molecule has 0 bridgehead atoms. The molecule has 0 saturated carbocycles. The van der Waals surface area contributed by atoms with Gasteiger partial charge in [-0.25, -0.2) is 9.59 Å². The summed E-state index contributed by atoms with van der Waals surface area (Å²) in [6.45, 7) is 1.90. The van der Waals surface area contributed by atoms with Crippen LogP contribution in [-0.2, 0) is 0 Å². The molecule has 7 heteroatoms. The summed E-state index contributed by atoms with van der Waals surface area (Å²) < 4.78 is 6.00. The van der Waals surface area contributed by atoms with Crippen LogP contribution in [-0.4, -0.2) is 17.1 Å². The molecule has 4 aromatic rings. The van der Waals surface area contributed by atoms with E-state index in [1.54, 1.807) is 60.7 Å². The number of amides is 2. The fourth-order valence-corrected chi connectivity index (χ4v) is 3.55. The molecule has 0 aliphatic carbocycles. The Morgan fingerprint density at radius 3 is 2.29 bits per heavy atom. The van der Waals surface area contributed by atoms with Crippen molar-refractivity contribution in [2.24, 2.45) is 0 Å². The molecule has 170 valence electrons. The molecular weight excluding hydrogens is 452 g/mol. The molecule has 3 N–H and O–H groups in total. The summed E-state index contributed by atoms with van der Waals surface area (Å²) in [6.07, 6.45) is 0. The van der Waals surface area contributed by atoms with Crippen LogP contribution in [0.15, 0.2) is 91.0 Å². The fraction of sp³-hybridized carbons (Fsp3) is 0.0370. The number of hydrogen-bond donors (Lipinski definition) is 3. The lowest BCUT2D eigenvalue weighted by Gasteiger charge is -2.16. The molecule has 2 amide bonds. The number of carboxylic acids is 1. The van der Waals surface area contributed by atoms with Crippen LogP contribution in [0.25, 0.3) is 11.1 Å². The first kappa shape index (κ1) is 22.9. The molecule has 4 aromatic carbocycles. The van der Waals surface area contributed by atoms with E-state index in [0.717, 1.165) is 5.56 Å². The normalized spacial score (nSPS) is 10.4. The summed E-state index contributed by atoms with van der Waals surface area (Å²) in [6, 6.07) is 25.8. The van der Waals surface area contributed by atoms with E-state index in [1.165, 1.54) is 6.07 Å². The zero-order valence-corrected chi connectivity index (χ0v) is 19.0. The molecule has 4 rings (SSSR count). The maximum atomic E-state index is 12.8. The first-order valence-corrected chi connectivity index (χ1v) is 10.8. The highest BCUT2D eigenvalue weighted by atomic mass is 35.5. The van der Waals surface area contributed by atoms with Crippen LogP contribution in [0.3, 0.4) is 0 Å². The van der Waals surface area contributed by atoms with Gasteiger partial charge in [-0.3, -0.25) is 0 Å². The Bertz CT molecular complexity index is 1370. The van der Waals surface area contributed by atoms with Crippen LogP contribution < -0.4 is 15.4 Å². The minimum Gasteiger partial charge on any atom is -0.478 e. The maximum Gasteiger partial charge on any atom is 0.335 e. The number of carbonyl (C=O) groups excluding carboxylic acids is 1. The van der Waals surface area contributed by atoms with Crippen LogP contribution in [0.1, 0.15) is 15.9 Å². The number of urea groups is 1. The topological polar surface area (TPSA) is 87.7 Å². The number of ether oxygens (including phenoxy) is 1. The third-order valence-electron chi connectivity index (χ3n) is 5.09. The highest BCUT2D eigenvalue weighted by molar-refractivity contribution is 6.30. The van der Waals surface area contributed by atoms with Crippen LogP contribution in [0.5, 0.6) is 11.5 Å². The lowest BCUT2D eigenvalue weighted by atomic mass is 10.0. The van der Waals surface area contributed by atoms with E-state index in [4.69, 9.17) is 16.3 Å². The van der Waals surface area contributed by atoms with Crippen LogP contribution in [0, 0.1) is 6.92 Å². The predicted octanol–water partition coefficient (Wildman–Crippen LogP) is 7.45. The van der Waals surface area contributed by atoms with Crippen molar-refractivity contribution in [3.05, 3.63) is 107 Å². The molecule has 0 aliphatic heterocycles. The third kappa shape index (κ3) is 5.54. The van der Waals surface area contributed by atoms with Gasteiger partial charge in [0.05, 0.1) is 11.3 Å². The molecule has 0 atom stereocenters. The summed E-state index contributed by atoms with van der Waals surface area (Å²) in [7, 11) is 0. The number of aromatic carboxylic acids is 1. The molecule has 0 aliphatic rings. The fourth-order valence-electron chi connectivity index (χ4n) is 3.37. The van der Waals surface area contributed by atoms with Gasteiger partial charge in [-0.1, -0.05) is 54.1 Å². The average molecular weight is 473 g/mol. The van der Waals surface area contributed by atoms with Crippen LogP contribution >= 0.6 is 11.6 Å². The molecule has 34 heavy (non-hydrogen) atoms. The van der Waals surface area contributed by atoms with Gasteiger partial charge in [-0.05, 0) is 72.1 Å². The Kier molecular flexibility index (Phi) is 6.80. The molecular formula is C27H21ClN2O4. The molecule has 0 fully saturated rings. The Morgan fingerprint density at radius 1 is 0.794 bits per heavy atom. The summed E-state index contributed by atoms with van der Waals surface area (Å²) in [5.74, 6) is -0.102. The number of para-hydroxylation sites is 1. The van der Waals surface area contributed by atoms with Crippen molar-refractivity contribution in [2.45, 2.75) is 6.92 Å². The largest absolute Gasteiger partial charge is 0.478 e. The number of carboxylic acid groups (broad SMARTS) is 1. The highest BCUT2D eigenvalue weighted by Crippen LogP contribution is 2.35. The zero-order chi connectivity index (χ0) is 24.1. The van der Waals surface area contributed by atoms with E-state index in [9.17, 15) is 14.7 Å². The number of anilines is 2. The molecule has 0 saturated heterocycles. The van der Waals surface area contributed by atoms with Gasteiger partial charge in [0.2, 0.25) is 0 Å². The molecule has 0 spiro atoms. The first-order chi connectivity index (χ1) is 16.4.